The molecule has 2 aromatic carbocycles. The van der Waals surface area contributed by atoms with Crippen molar-refractivity contribution in [2.75, 3.05) is 24.7 Å². The van der Waals surface area contributed by atoms with Crippen LogP contribution in [0.25, 0.3) is 0 Å². The van der Waals surface area contributed by atoms with E-state index in [2.05, 4.69) is 5.32 Å². The monoisotopic (exact) mass is 396 g/mol. The van der Waals surface area contributed by atoms with E-state index in [-0.39, 0.29) is 11.8 Å². The Kier molecular flexibility index (Phi) is 7.11. The van der Waals surface area contributed by atoms with Gasteiger partial charge in [0.2, 0.25) is 5.91 Å². The molecule has 0 radical (unpaired) electrons. The first-order valence-electron chi connectivity index (χ1n) is 10.2. The maximum atomic E-state index is 12.6. The zero-order valence-electron chi connectivity index (χ0n) is 17.1. The molecular weight excluding hydrogens is 368 g/mol. The van der Waals surface area contributed by atoms with Crippen LogP contribution in [0.5, 0.6) is 11.5 Å². The van der Waals surface area contributed by atoms with Gasteiger partial charge in [-0.2, -0.15) is 0 Å². The molecule has 6 heteroatoms. The third-order valence-corrected chi connectivity index (χ3v) is 4.74. The standard InChI is InChI=1S/C23H28N2O4/c1-3-14-29-20-12-9-18(15-21(20)28-4-2)23(27)24-16-17-7-10-19(11-8-17)25-13-5-6-22(25)26/h7-12,15H,3-6,13-14,16H2,1-2H3,(H,24,27). The quantitative estimate of drug-likeness (QED) is 0.697. The van der Waals surface area contributed by atoms with Gasteiger partial charge in [-0.3, -0.25) is 9.59 Å². The number of carbonyl (C=O) groups excluding carboxylic acids is 2. The minimum Gasteiger partial charge on any atom is -0.490 e. The summed E-state index contributed by atoms with van der Waals surface area (Å²) in [5.41, 5.74) is 2.41. The Bertz CT molecular complexity index is 848. The lowest BCUT2D eigenvalue weighted by molar-refractivity contribution is -0.117. The fourth-order valence-corrected chi connectivity index (χ4v) is 3.25. The molecule has 154 valence electrons. The van der Waals surface area contributed by atoms with Gasteiger partial charge < -0.3 is 19.7 Å². The molecule has 1 heterocycles. The van der Waals surface area contributed by atoms with Gasteiger partial charge in [0.05, 0.1) is 13.2 Å². The Morgan fingerprint density at radius 3 is 2.52 bits per heavy atom. The highest BCUT2D eigenvalue weighted by Crippen LogP contribution is 2.29. The first-order chi connectivity index (χ1) is 14.1. The normalized spacial score (nSPS) is 13.4. The molecular formula is C23H28N2O4. The van der Waals surface area contributed by atoms with Gasteiger partial charge >= 0.3 is 0 Å². The van der Waals surface area contributed by atoms with Crippen molar-refractivity contribution in [3.63, 3.8) is 0 Å². The van der Waals surface area contributed by atoms with Crippen LogP contribution in [0.1, 0.15) is 49.0 Å². The predicted molar refractivity (Wildman–Crippen MR) is 113 cm³/mol. The van der Waals surface area contributed by atoms with Crippen LogP contribution in [0.15, 0.2) is 42.5 Å². The molecule has 3 rings (SSSR count). The number of benzene rings is 2. The lowest BCUT2D eigenvalue weighted by atomic mass is 10.1. The summed E-state index contributed by atoms with van der Waals surface area (Å²) in [6.07, 6.45) is 2.42. The van der Waals surface area contributed by atoms with E-state index in [1.165, 1.54) is 0 Å². The van der Waals surface area contributed by atoms with Gasteiger partial charge in [0.1, 0.15) is 0 Å². The van der Waals surface area contributed by atoms with Gasteiger partial charge in [-0.15, -0.1) is 0 Å². The summed E-state index contributed by atoms with van der Waals surface area (Å²) in [5, 5.41) is 2.93. The van der Waals surface area contributed by atoms with Crippen LogP contribution in [0.2, 0.25) is 0 Å². The molecule has 1 fully saturated rings. The summed E-state index contributed by atoms with van der Waals surface area (Å²) >= 11 is 0. The topological polar surface area (TPSA) is 67.9 Å². The average Bonchev–Trinajstić information content (AvgIpc) is 3.17. The van der Waals surface area contributed by atoms with Crippen molar-refractivity contribution in [3.05, 3.63) is 53.6 Å². The van der Waals surface area contributed by atoms with E-state index in [0.717, 1.165) is 30.6 Å². The van der Waals surface area contributed by atoms with Crippen molar-refractivity contribution < 1.29 is 19.1 Å². The van der Waals surface area contributed by atoms with Crippen molar-refractivity contribution in [2.24, 2.45) is 0 Å². The van der Waals surface area contributed by atoms with Gasteiger partial charge in [0.25, 0.3) is 5.91 Å². The van der Waals surface area contributed by atoms with E-state index in [0.29, 0.717) is 43.2 Å². The molecule has 1 N–H and O–H groups in total. The Morgan fingerprint density at radius 2 is 1.86 bits per heavy atom. The van der Waals surface area contributed by atoms with Gasteiger partial charge in [-0.25, -0.2) is 0 Å². The molecule has 2 amide bonds. The van der Waals surface area contributed by atoms with Crippen molar-refractivity contribution in [3.8, 4) is 11.5 Å². The molecule has 0 aliphatic carbocycles. The fourth-order valence-electron chi connectivity index (χ4n) is 3.25. The van der Waals surface area contributed by atoms with E-state index < -0.39 is 0 Å². The predicted octanol–water partition coefficient (Wildman–Crippen LogP) is 3.93. The minimum absolute atomic E-state index is 0.169. The molecule has 0 aromatic heterocycles. The maximum absolute atomic E-state index is 12.6. The summed E-state index contributed by atoms with van der Waals surface area (Å²) in [7, 11) is 0. The third-order valence-electron chi connectivity index (χ3n) is 4.74. The number of rotatable bonds is 9. The van der Waals surface area contributed by atoms with E-state index in [1.807, 2.05) is 38.1 Å². The molecule has 1 aliphatic rings. The van der Waals surface area contributed by atoms with Crippen LogP contribution >= 0.6 is 0 Å². The number of anilines is 1. The lowest BCUT2D eigenvalue weighted by Gasteiger charge is -2.16. The van der Waals surface area contributed by atoms with Crippen LogP contribution in [-0.4, -0.2) is 31.6 Å². The van der Waals surface area contributed by atoms with Gasteiger partial charge in [-0.05, 0) is 55.7 Å². The number of hydrogen-bond donors (Lipinski definition) is 1. The SMILES string of the molecule is CCCOc1ccc(C(=O)NCc2ccc(N3CCCC3=O)cc2)cc1OCC. The van der Waals surface area contributed by atoms with Crippen molar-refractivity contribution in [1.82, 2.24) is 5.32 Å². The molecule has 0 saturated carbocycles. The van der Waals surface area contributed by atoms with Crippen molar-refractivity contribution in [1.29, 1.82) is 0 Å². The van der Waals surface area contributed by atoms with Crippen molar-refractivity contribution in [2.45, 2.75) is 39.7 Å². The van der Waals surface area contributed by atoms with Crippen LogP contribution < -0.4 is 19.7 Å². The Labute approximate surface area is 171 Å². The van der Waals surface area contributed by atoms with Gasteiger partial charge in [-0.1, -0.05) is 19.1 Å². The molecule has 2 aromatic rings. The summed E-state index contributed by atoms with van der Waals surface area (Å²) < 4.78 is 11.3. The molecule has 1 aliphatic heterocycles. The molecule has 29 heavy (non-hydrogen) atoms. The summed E-state index contributed by atoms with van der Waals surface area (Å²) in [6.45, 7) is 6.22. The minimum atomic E-state index is -0.174. The number of ether oxygens (including phenoxy) is 2. The lowest BCUT2D eigenvalue weighted by Crippen LogP contribution is -2.24. The zero-order chi connectivity index (χ0) is 20.6. The third kappa shape index (κ3) is 5.28. The molecule has 0 unspecified atom stereocenters. The highest BCUT2D eigenvalue weighted by molar-refractivity contribution is 5.95. The van der Waals surface area contributed by atoms with E-state index in [4.69, 9.17) is 9.47 Å². The number of carbonyl (C=O) groups is 2. The second-order valence-electron chi connectivity index (χ2n) is 6.94. The second-order valence-corrected chi connectivity index (χ2v) is 6.94. The highest BCUT2D eigenvalue weighted by Gasteiger charge is 2.21. The molecule has 6 nitrogen and oxygen atoms in total. The Balaban J connectivity index is 1.61. The summed E-state index contributed by atoms with van der Waals surface area (Å²) in [5.74, 6) is 1.22. The second kappa shape index (κ2) is 9.96. The molecule has 0 bridgehead atoms. The largest absolute Gasteiger partial charge is 0.490 e. The molecule has 0 spiro atoms. The van der Waals surface area contributed by atoms with E-state index >= 15 is 0 Å². The summed E-state index contributed by atoms with van der Waals surface area (Å²) in [4.78, 5) is 26.2. The molecule has 0 atom stereocenters. The Hall–Kier alpha value is -3.02. The van der Waals surface area contributed by atoms with Gasteiger partial charge in [0.15, 0.2) is 11.5 Å². The first-order valence-corrected chi connectivity index (χ1v) is 10.2. The fraction of sp³-hybridized carbons (Fsp3) is 0.391. The first kappa shape index (κ1) is 20.7. The number of hydrogen-bond acceptors (Lipinski definition) is 4. The van der Waals surface area contributed by atoms with E-state index in [9.17, 15) is 9.59 Å². The van der Waals surface area contributed by atoms with Crippen LogP contribution in [0, 0.1) is 0 Å². The summed E-state index contributed by atoms with van der Waals surface area (Å²) in [6, 6.07) is 13.0. The van der Waals surface area contributed by atoms with Crippen LogP contribution in [0.4, 0.5) is 5.69 Å². The number of nitrogens with one attached hydrogen (secondary N) is 1. The smallest absolute Gasteiger partial charge is 0.251 e. The maximum Gasteiger partial charge on any atom is 0.251 e. The van der Waals surface area contributed by atoms with Gasteiger partial charge in [0, 0.05) is 30.8 Å². The van der Waals surface area contributed by atoms with Crippen LogP contribution in [0.3, 0.4) is 0 Å². The van der Waals surface area contributed by atoms with Crippen LogP contribution in [-0.2, 0) is 11.3 Å². The number of amides is 2. The Morgan fingerprint density at radius 1 is 1.07 bits per heavy atom. The van der Waals surface area contributed by atoms with E-state index in [1.54, 1.807) is 23.1 Å². The van der Waals surface area contributed by atoms with Crippen molar-refractivity contribution >= 4 is 17.5 Å². The highest BCUT2D eigenvalue weighted by atomic mass is 16.5. The zero-order valence-corrected chi connectivity index (χ0v) is 17.1. The number of nitrogens with zero attached hydrogens (tertiary/aromatic N) is 1. The average molecular weight is 396 g/mol. The molecule has 1 saturated heterocycles.